The molecule has 13 heteroatoms. The maximum absolute atomic E-state index is 12.1. The summed E-state index contributed by atoms with van der Waals surface area (Å²) in [6.45, 7) is 0. The normalized spacial score (nSPS) is 11.4. The number of nitrogens with one attached hydrogen (secondary N) is 1. The highest BCUT2D eigenvalue weighted by Gasteiger charge is 2.17. The number of hydrazone groups is 1. The van der Waals surface area contributed by atoms with Crippen molar-refractivity contribution < 1.29 is 23.4 Å². The summed E-state index contributed by atoms with van der Waals surface area (Å²) in [6.07, 6.45) is 0.888. The number of nitro benzene ring substituents is 2. The van der Waals surface area contributed by atoms with Gasteiger partial charge in [0, 0.05) is 29.8 Å². The minimum absolute atomic E-state index is 0.0784. The first-order valence-electron chi connectivity index (χ1n) is 6.58. The summed E-state index contributed by atoms with van der Waals surface area (Å²) in [6, 6.07) is 6.48. The zero-order valence-corrected chi connectivity index (χ0v) is 15.5. The largest absolute Gasteiger partial charge is 0.506 e. The fourth-order valence-electron chi connectivity index (χ4n) is 1.79. The third-order valence-electron chi connectivity index (χ3n) is 3.00. The topological polar surface area (TPSA) is 165 Å². The molecule has 0 aliphatic heterocycles. The van der Waals surface area contributed by atoms with Gasteiger partial charge in [-0.15, -0.1) is 0 Å². The van der Waals surface area contributed by atoms with Crippen LogP contribution in [-0.4, -0.2) is 29.6 Å². The van der Waals surface area contributed by atoms with Gasteiger partial charge >= 0.3 is 0 Å². The number of non-ortho nitro benzene ring substituents is 2. The molecule has 2 aromatic rings. The SMILES string of the molecule is O=[N+]([O-])c1cccc(S(=O)(=O)NN=Cc2cc([N+](=O)[O-])cc(I)c2O)c1. The number of phenols is 1. The van der Waals surface area contributed by atoms with Crippen LogP contribution in [-0.2, 0) is 10.0 Å². The van der Waals surface area contributed by atoms with Crippen molar-refractivity contribution in [1.29, 1.82) is 0 Å². The van der Waals surface area contributed by atoms with Crippen LogP contribution < -0.4 is 4.83 Å². The van der Waals surface area contributed by atoms with Crippen molar-refractivity contribution in [1.82, 2.24) is 4.83 Å². The Kier molecular flexibility index (Phi) is 5.71. The predicted octanol–water partition coefficient (Wildman–Crippen LogP) is 2.13. The van der Waals surface area contributed by atoms with Crippen LogP contribution in [0.2, 0.25) is 0 Å². The molecule has 11 nitrogen and oxygen atoms in total. The fraction of sp³-hybridized carbons (Fsp3) is 0. The van der Waals surface area contributed by atoms with Crippen molar-refractivity contribution in [3.63, 3.8) is 0 Å². The van der Waals surface area contributed by atoms with E-state index < -0.39 is 25.6 Å². The quantitative estimate of drug-likeness (QED) is 0.270. The smallest absolute Gasteiger partial charge is 0.276 e. The molecule has 0 aromatic heterocycles. The summed E-state index contributed by atoms with van der Waals surface area (Å²) in [7, 11) is -4.21. The molecule has 2 N–H and O–H groups in total. The highest BCUT2D eigenvalue weighted by atomic mass is 127. The van der Waals surface area contributed by atoms with Gasteiger partial charge in [0.15, 0.2) is 0 Å². The van der Waals surface area contributed by atoms with Gasteiger partial charge in [-0.05, 0) is 28.7 Å². The first kappa shape index (κ1) is 19.5. The summed E-state index contributed by atoms with van der Waals surface area (Å²) >= 11 is 1.68. The lowest BCUT2D eigenvalue weighted by molar-refractivity contribution is -0.385. The predicted molar refractivity (Wildman–Crippen MR) is 98.5 cm³/mol. The highest BCUT2D eigenvalue weighted by molar-refractivity contribution is 14.1. The van der Waals surface area contributed by atoms with Crippen molar-refractivity contribution in [2.24, 2.45) is 5.10 Å². The Hall–Kier alpha value is -2.81. The van der Waals surface area contributed by atoms with Gasteiger partial charge in [-0.1, -0.05) is 6.07 Å². The molecule has 2 aromatic carbocycles. The molecule has 136 valence electrons. The van der Waals surface area contributed by atoms with Crippen molar-refractivity contribution >= 4 is 50.2 Å². The monoisotopic (exact) mass is 492 g/mol. The van der Waals surface area contributed by atoms with Crippen LogP contribution >= 0.6 is 22.6 Å². The van der Waals surface area contributed by atoms with Gasteiger partial charge in [-0.3, -0.25) is 20.2 Å². The van der Waals surface area contributed by atoms with E-state index in [2.05, 4.69) is 5.10 Å². The fourth-order valence-corrected chi connectivity index (χ4v) is 3.25. The number of sulfonamides is 1. The summed E-state index contributed by atoms with van der Waals surface area (Å²) in [4.78, 5) is 21.6. The summed E-state index contributed by atoms with van der Waals surface area (Å²) in [5.74, 6) is -0.311. The summed E-state index contributed by atoms with van der Waals surface area (Å²) < 4.78 is 24.4. The van der Waals surface area contributed by atoms with E-state index in [-0.39, 0.29) is 25.5 Å². The number of halogens is 1. The number of aromatic hydroxyl groups is 1. The Morgan fingerprint density at radius 3 is 2.38 bits per heavy atom. The molecular formula is C13H9IN4O7S. The van der Waals surface area contributed by atoms with Crippen molar-refractivity contribution in [3.8, 4) is 5.75 Å². The molecule has 2 rings (SSSR count). The molecule has 0 saturated heterocycles. The standard InChI is InChI=1S/C13H9IN4O7S/c14-12-6-10(18(22)23)4-8(13(12)19)7-15-16-26(24,25)11-3-1-2-9(5-11)17(20)21/h1-7,16,19H. The molecule has 0 aliphatic carbocycles. The van der Waals surface area contributed by atoms with E-state index in [1.165, 1.54) is 6.07 Å². The Balaban J connectivity index is 2.29. The lowest BCUT2D eigenvalue weighted by Gasteiger charge is -2.04. The molecule has 0 radical (unpaired) electrons. The molecule has 0 fully saturated rings. The van der Waals surface area contributed by atoms with Crippen LogP contribution in [0, 0.1) is 23.8 Å². The van der Waals surface area contributed by atoms with Gasteiger partial charge in [0.1, 0.15) is 5.75 Å². The van der Waals surface area contributed by atoms with Gasteiger partial charge in [0.25, 0.3) is 21.4 Å². The van der Waals surface area contributed by atoms with Gasteiger partial charge in [-0.25, -0.2) is 4.83 Å². The average Bonchev–Trinajstić information content (AvgIpc) is 2.58. The van der Waals surface area contributed by atoms with E-state index in [0.29, 0.717) is 0 Å². The first-order chi connectivity index (χ1) is 12.1. The number of nitrogens with zero attached hydrogens (tertiary/aromatic N) is 3. The minimum atomic E-state index is -4.21. The number of phenolic OH excluding ortho intramolecular Hbond substituents is 1. The summed E-state index contributed by atoms with van der Waals surface area (Å²) in [5.41, 5.74) is -0.803. The maximum Gasteiger partial charge on any atom is 0.276 e. The molecule has 0 unspecified atom stereocenters. The lowest BCUT2D eigenvalue weighted by atomic mass is 10.2. The average molecular weight is 492 g/mol. The molecule has 0 aliphatic rings. The van der Waals surface area contributed by atoms with E-state index in [0.717, 1.165) is 36.5 Å². The maximum atomic E-state index is 12.1. The molecule has 0 spiro atoms. The van der Waals surface area contributed by atoms with Crippen molar-refractivity contribution in [2.45, 2.75) is 4.90 Å². The van der Waals surface area contributed by atoms with Crippen LogP contribution in [0.15, 0.2) is 46.4 Å². The molecule has 26 heavy (non-hydrogen) atoms. The van der Waals surface area contributed by atoms with Gasteiger partial charge in [-0.2, -0.15) is 13.5 Å². The number of benzene rings is 2. The van der Waals surface area contributed by atoms with E-state index in [1.807, 2.05) is 4.83 Å². The molecule has 0 atom stereocenters. The number of hydrogen-bond acceptors (Lipinski definition) is 8. The Morgan fingerprint density at radius 1 is 1.12 bits per heavy atom. The van der Waals surface area contributed by atoms with Crippen LogP contribution in [0.3, 0.4) is 0 Å². The Labute approximate surface area is 159 Å². The number of hydrogen-bond donors (Lipinski definition) is 2. The first-order valence-corrected chi connectivity index (χ1v) is 9.14. The molecule has 0 heterocycles. The summed E-state index contributed by atoms with van der Waals surface area (Å²) in [5, 5.41) is 34.9. The molecule has 0 amide bonds. The second-order valence-corrected chi connectivity index (χ2v) is 7.55. The van der Waals surface area contributed by atoms with Crippen LogP contribution in [0.1, 0.15) is 5.56 Å². The van der Waals surface area contributed by atoms with E-state index in [1.54, 1.807) is 22.6 Å². The van der Waals surface area contributed by atoms with Crippen LogP contribution in [0.4, 0.5) is 11.4 Å². The number of nitro groups is 2. The second-order valence-electron chi connectivity index (χ2n) is 4.73. The van der Waals surface area contributed by atoms with E-state index >= 15 is 0 Å². The van der Waals surface area contributed by atoms with E-state index in [4.69, 9.17) is 0 Å². The van der Waals surface area contributed by atoms with Gasteiger partial charge < -0.3 is 5.11 Å². The Morgan fingerprint density at radius 2 is 1.77 bits per heavy atom. The van der Waals surface area contributed by atoms with Crippen LogP contribution in [0.5, 0.6) is 5.75 Å². The molecule has 0 saturated carbocycles. The van der Waals surface area contributed by atoms with Gasteiger partial charge in [0.05, 0.1) is 24.5 Å². The minimum Gasteiger partial charge on any atom is -0.506 e. The van der Waals surface area contributed by atoms with Gasteiger partial charge in [0.2, 0.25) is 0 Å². The third-order valence-corrected chi connectivity index (χ3v) is 5.05. The van der Waals surface area contributed by atoms with Crippen LogP contribution in [0.25, 0.3) is 0 Å². The van der Waals surface area contributed by atoms with E-state index in [9.17, 15) is 33.8 Å². The molecular weight excluding hydrogens is 483 g/mol. The zero-order valence-electron chi connectivity index (χ0n) is 12.6. The third kappa shape index (κ3) is 4.42. The lowest BCUT2D eigenvalue weighted by Crippen LogP contribution is -2.18. The highest BCUT2D eigenvalue weighted by Crippen LogP contribution is 2.28. The zero-order chi connectivity index (χ0) is 19.5. The Bertz CT molecular complexity index is 1020. The second kappa shape index (κ2) is 7.61. The molecule has 0 bridgehead atoms. The number of rotatable bonds is 6. The van der Waals surface area contributed by atoms with Crippen molar-refractivity contribution in [3.05, 3.63) is 65.8 Å². The van der Waals surface area contributed by atoms with Crippen molar-refractivity contribution in [2.75, 3.05) is 0 Å².